The van der Waals surface area contributed by atoms with Crippen LogP contribution < -0.4 is 0 Å². The van der Waals surface area contributed by atoms with Gasteiger partial charge in [0.05, 0.1) is 5.60 Å². The van der Waals surface area contributed by atoms with Crippen LogP contribution in [-0.2, 0) is 5.60 Å². The van der Waals surface area contributed by atoms with Gasteiger partial charge in [-0.25, -0.2) is 0 Å². The Balaban J connectivity index is 3.14. The second kappa shape index (κ2) is 3.81. The van der Waals surface area contributed by atoms with Crippen molar-refractivity contribution in [2.24, 2.45) is 5.92 Å². The van der Waals surface area contributed by atoms with Crippen LogP contribution in [-0.4, -0.2) is 5.11 Å². The minimum absolute atomic E-state index is 0.200. The molecule has 0 aliphatic carbocycles. The maximum Gasteiger partial charge on any atom is 0.0902 e. The Hall–Kier alpha value is -0.340. The highest BCUT2D eigenvalue weighted by atomic mass is 79.9. The Morgan fingerprint density at radius 2 is 1.85 bits per heavy atom. The van der Waals surface area contributed by atoms with Crippen LogP contribution in [0.15, 0.2) is 28.7 Å². The van der Waals surface area contributed by atoms with E-state index in [0.717, 1.165) is 10.0 Å². The summed E-state index contributed by atoms with van der Waals surface area (Å²) in [4.78, 5) is 0. The lowest BCUT2D eigenvalue weighted by atomic mass is 9.85. The lowest BCUT2D eigenvalue weighted by molar-refractivity contribution is 0.00837. The molecular formula is C11H15BrO. The van der Waals surface area contributed by atoms with E-state index in [2.05, 4.69) is 15.9 Å². The Morgan fingerprint density at radius 1 is 1.31 bits per heavy atom. The minimum Gasteiger partial charge on any atom is -0.385 e. The van der Waals surface area contributed by atoms with Crippen LogP contribution in [0.5, 0.6) is 0 Å². The first kappa shape index (κ1) is 10.7. The molecule has 0 saturated heterocycles. The minimum atomic E-state index is -0.764. The number of aliphatic hydroxyl groups is 1. The second-order valence-corrected chi connectivity index (χ2v) is 4.64. The van der Waals surface area contributed by atoms with E-state index >= 15 is 0 Å². The van der Waals surface area contributed by atoms with Crippen LogP contribution in [0.2, 0.25) is 0 Å². The molecule has 0 heterocycles. The Morgan fingerprint density at radius 3 is 2.31 bits per heavy atom. The molecule has 0 saturated carbocycles. The highest BCUT2D eigenvalue weighted by Gasteiger charge is 2.28. The summed E-state index contributed by atoms with van der Waals surface area (Å²) in [5, 5.41) is 10.2. The maximum absolute atomic E-state index is 10.2. The number of hydrogen-bond donors (Lipinski definition) is 1. The molecule has 1 N–H and O–H groups in total. The summed E-state index contributed by atoms with van der Waals surface area (Å²) in [6, 6.07) is 7.79. The molecule has 0 aliphatic rings. The topological polar surface area (TPSA) is 20.2 Å². The first-order valence-electron chi connectivity index (χ1n) is 4.43. The fourth-order valence-corrected chi connectivity index (χ4v) is 1.87. The molecule has 1 unspecified atom stereocenters. The number of halogens is 1. The van der Waals surface area contributed by atoms with Gasteiger partial charge in [0.1, 0.15) is 0 Å². The van der Waals surface area contributed by atoms with E-state index in [1.165, 1.54) is 0 Å². The molecule has 0 aromatic heterocycles. The van der Waals surface area contributed by atoms with Crippen LogP contribution >= 0.6 is 15.9 Å². The van der Waals surface area contributed by atoms with Crippen LogP contribution in [0.1, 0.15) is 26.3 Å². The van der Waals surface area contributed by atoms with Crippen molar-refractivity contribution < 1.29 is 5.11 Å². The third-order valence-corrected chi connectivity index (χ3v) is 3.23. The summed E-state index contributed by atoms with van der Waals surface area (Å²) < 4.78 is 0.966. The quantitative estimate of drug-likeness (QED) is 0.844. The van der Waals surface area contributed by atoms with Crippen molar-refractivity contribution in [2.75, 3.05) is 0 Å². The van der Waals surface area contributed by atoms with Gasteiger partial charge in [0.25, 0.3) is 0 Å². The third-order valence-electron chi connectivity index (χ3n) is 2.54. The zero-order chi connectivity index (χ0) is 10.1. The summed E-state index contributed by atoms with van der Waals surface area (Å²) >= 11 is 3.44. The first-order valence-corrected chi connectivity index (χ1v) is 5.23. The van der Waals surface area contributed by atoms with Gasteiger partial charge in [0, 0.05) is 4.47 Å². The average molecular weight is 243 g/mol. The van der Waals surface area contributed by atoms with Gasteiger partial charge in [-0.1, -0.05) is 48.0 Å². The van der Waals surface area contributed by atoms with Crippen molar-refractivity contribution in [3.8, 4) is 0 Å². The highest BCUT2D eigenvalue weighted by molar-refractivity contribution is 9.10. The molecule has 0 spiro atoms. The fourth-order valence-electron chi connectivity index (χ4n) is 1.18. The van der Waals surface area contributed by atoms with E-state index in [9.17, 15) is 5.11 Å². The van der Waals surface area contributed by atoms with E-state index in [4.69, 9.17) is 0 Å². The molecule has 0 radical (unpaired) electrons. The molecule has 1 aromatic carbocycles. The lowest BCUT2D eigenvalue weighted by Crippen LogP contribution is -2.28. The maximum atomic E-state index is 10.2. The van der Waals surface area contributed by atoms with Gasteiger partial charge in [0.2, 0.25) is 0 Å². The van der Waals surface area contributed by atoms with Crippen LogP contribution in [0.3, 0.4) is 0 Å². The van der Waals surface area contributed by atoms with Gasteiger partial charge in [-0.05, 0) is 24.5 Å². The summed E-state index contributed by atoms with van der Waals surface area (Å²) in [6.07, 6.45) is 0. The SMILES string of the molecule is CC(C)C(C)(O)c1ccccc1Br. The van der Waals surface area contributed by atoms with Crippen molar-refractivity contribution in [3.05, 3.63) is 34.3 Å². The number of rotatable bonds is 2. The summed E-state index contributed by atoms with van der Waals surface area (Å²) in [6.45, 7) is 5.87. The van der Waals surface area contributed by atoms with E-state index in [1.807, 2.05) is 45.0 Å². The van der Waals surface area contributed by atoms with Gasteiger partial charge >= 0.3 is 0 Å². The average Bonchev–Trinajstić information content (AvgIpc) is 2.04. The lowest BCUT2D eigenvalue weighted by Gasteiger charge is -2.29. The largest absolute Gasteiger partial charge is 0.385 e. The molecule has 72 valence electrons. The summed E-state index contributed by atoms with van der Waals surface area (Å²) in [7, 11) is 0. The van der Waals surface area contributed by atoms with Gasteiger partial charge in [-0.15, -0.1) is 0 Å². The van der Waals surface area contributed by atoms with Gasteiger partial charge in [-0.3, -0.25) is 0 Å². The van der Waals surface area contributed by atoms with Crippen molar-refractivity contribution in [3.63, 3.8) is 0 Å². The van der Waals surface area contributed by atoms with Gasteiger partial charge in [-0.2, -0.15) is 0 Å². The molecule has 1 nitrogen and oxygen atoms in total. The predicted octanol–water partition coefficient (Wildman–Crippen LogP) is 3.31. The first-order chi connectivity index (χ1) is 5.96. The Bertz CT molecular complexity index is 292. The number of benzene rings is 1. The highest BCUT2D eigenvalue weighted by Crippen LogP contribution is 2.33. The molecule has 0 aliphatic heterocycles. The standard InChI is InChI=1S/C11H15BrO/c1-8(2)11(3,13)9-6-4-5-7-10(9)12/h4-8,13H,1-3H3. The van der Waals surface area contributed by atoms with E-state index < -0.39 is 5.60 Å². The Labute approximate surface area is 87.9 Å². The zero-order valence-electron chi connectivity index (χ0n) is 8.21. The van der Waals surface area contributed by atoms with E-state index in [0.29, 0.717) is 0 Å². The van der Waals surface area contributed by atoms with Crippen LogP contribution in [0, 0.1) is 5.92 Å². The molecule has 1 aromatic rings. The van der Waals surface area contributed by atoms with E-state index in [-0.39, 0.29) is 5.92 Å². The molecule has 0 bridgehead atoms. The molecule has 0 fully saturated rings. The summed E-state index contributed by atoms with van der Waals surface area (Å²) in [5.74, 6) is 0.200. The molecule has 13 heavy (non-hydrogen) atoms. The van der Waals surface area contributed by atoms with Crippen molar-refractivity contribution in [1.82, 2.24) is 0 Å². The third kappa shape index (κ3) is 2.12. The normalized spacial score (nSPS) is 15.8. The van der Waals surface area contributed by atoms with Crippen LogP contribution in [0.4, 0.5) is 0 Å². The fraction of sp³-hybridized carbons (Fsp3) is 0.455. The molecule has 1 atom stereocenters. The Kier molecular flexibility index (Phi) is 3.14. The van der Waals surface area contributed by atoms with E-state index in [1.54, 1.807) is 0 Å². The molecule has 1 rings (SSSR count). The number of hydrogen-bond acceptors (Lipinski definition) is 1. The van der Waals surface area contributed by atoms with Crippen LogP contribution in [0.25, 0.3) is 0 Å². The smallest absolute Gasteiger partial charge is 0.0902 e. The molecule has 2 heteroatoms. The van der Waals surface area contributed by atoms with Crippen molar-refractivity contribution in [2.45, 2.75) is 26.4 Å². The summed E-state index contributed by atoms with van der Waals surface area (Å²) in [5.41, 5.74) is 0.185. The monoisotopic (exact) mass is 242 g/mol. The molecular weight excluding hydrogens is 228 g/mol. The predicted molar refractivity (Wildman–Crippen MR) is 58.6 cm³/mol. The zero-order valence-corrected chi connectivity index (χ0v) is 9.80. The van der Waals surface area contributed by atoms with Crippen molar-refractivity contribution >= 4 is 15.9 Å². The van der Waals surface area contributed by atoms with Gasteiger partial charge in [0.15, 0.2) is 0 Å². The molecule has 0 amide bonds. The van der Waals surface area contributed by atoms with Crippen molar-refractivity contribution in [1.29, 1.82) is 0 Å². The second-order valence-electron chi connectivity index (χ2n) is 3.78. The van der Waals surface area contributed by atoms with Gasteiger partial charge < -0.3 is 5.11 Å².